The van der Waals surface area contributed by atoms with E-state index in [2.05, 4.69) is 26.6 Å². The van der Waals surface area contributed by atoms with Crippen molar-refractivity contribution in [3.63, 3.8) is 0 Å². The highest BCUT2D eigenvalue weighted by molar-refractivity contribution is 9.10. The SMILES string of the molecule is O=C(CNc1cccc(Br)c1)NCc1ccc(F)cc1. The summed E-state index contributed by atoms with van der Waals surface area (Å²) >= 11 is 3.37. The third-order valence-electron chi connectivity index (χ3n) is 2.68. The first-order valence-corrected chi connectivity index (χ1v) is 6.93. The quantitative estimate of drug-likeness (QED) is 0.879. The molecule has 2 N–H and O–H groups in total. The van der Waals surface area contributed by atoms with E-state index in [1.54, 1.807) is 12.1 Å². The van der Waals surface area contributed by atoms with Gasteiger partial charge in [0.1, 0.15) is 5.82 Å². The van der Waals surface area contributed by atoms with Crippen LogP contribution in [0.15, 0.2) is 53.0 Å². The molecule has 0 bridgehead atoms. The summed E-state index contributed by atoms with van der Waals surface area (Å²) in [7, 11) is 0. The minimum absolute atomic E-state index is 0.116. The molecule has 1 amide bonds. The maximum Gasteiger partial charge on any atom is 0.239 e. The van der Waals surface area contributed by atoms with Crippen LogP contribution in [0.1, 0.15) is 5.56 Å². The van der Waals surface area contributed by atoms with E-state index in [1.165, 1.54) is 12.1 Å². The molecule has 2 aromatic carbocycles. The monoisotopic (exact) mass is 336 g/mol. The van der Waals surface area contributed by atoms with Gasteiger partial charge < -0.3 is 10.6 Å². The highest BCUT2D eigenvalue weighted by Crippen LogP contribution is 2.15. The largest absolute Gasteiger partial charge is 0.376 e. The minimum atomic E-state index is -0.281. The smallest absolute Gasteiger partial charge is 0.239 e. The number of carbonyl (C=O) groups excluding carboxylic acids is 1. The number of halogens is 2. The lowest BCUT2D eigenvalue weighted by molar-refractivity contribution is -0.119. The van der Waals surface area contributed by atoms with Crippen LogP contribution in [0.25, 0.3) is 0 Å². The van der Waals surface area contributed by atoms with Gasteiger partial charge in [0.25, 0.3) is 0 Å². The van der Waals surface area contributed by atoms with Crippen molar-refractivity contribution in [2.75, 3.05) is 11.9 Å². The number of benzene rings is 2. The first-order chi connectivity index (χ1) is 9.63. The molecule has 0 spiro atoms. The molecule has 0 radical (unpaired) electrons. The van der Waals surface area contributed by atoms with E-state index in [9.17, 15) is 9.18 Å². The van der Waals surface area contributed by atoms with Crippen molar-refractivity contribution in [1.82, 2.24) is 5.32 Å². The molecule has 0 atom stereocenters. The second kappa shape index (κ2) is 7.05. The molecule has 0 unspecified atom stereocenters. The van der Waals surface area contributed by atoms with Gasteiger partial charge in [-0.3, -0.25) is 4.79 Å². The third kappa shape index (κ3) is 4.66. The summed E-state index contributed by atoms with van der Waals surface area (Å²) in [6.07, 6.45) is 0. The van der Waals surface area contributed by atoms with Crippen molar-refractivity contribution >= 4 is 27.5 Å². The third-order valence-corrected chi connectivity index (χ3v) is 3.17. The summed E-state index contributed by atoms with van der Waals surface area (Å²) in [5.74, 6) is -0.398. The highest BCUT2D eigenvalue weighted by atomic mass is 79.9. The van der Waals surface area contributed by atoms with Crippen LogP contribution >= 0.6 is 15.9 Å². The molecule has 0 fully saturated rings. The maximum atomic E-state index is 12.7. The topological polar surface area (TPSA) is 41.1 Å². The molecule has 2 aromatic rings. The number of amides is 1. The predicted octanol–water partition coefficient (Wildman–Crippen LogP) is 3.32. The van der Waals surface area contributed by atoms with Crippen molar-refractivity contribution in [3.05, 3.63) is 64.4 Å². The predicted molar refractivity (Wildman–Crippen MR) is 80.9 cm³/mol. The normalized spacial score (nSPS) is 10.1. The fourth-order valence-electron chi connectivity index (χ4n) is 1.65. The fourth-order valence-corrected chi connectivity index (χ4v) is 2.05. The average Bonchev–Trinajstić information content (AvgIpc) is 2.45. The number of carbonyl (C=O) groups is 1. The Hall–Kier alpha value is -1.88. The van der Waals surface area contributed by atoms with Crippen LogP contribution in [-0.2, 0) is 11.3 Å². The van der Waals surface area contributed by atoms with Gasteiger partial charge in [0, 0.05) is 16.7 Å². The molecule has 0 aromatic heterocycles. The number of hydrogen-bond acceptors (Lipinski definition) is 2. The Labute approximate surface area is 125 Å². The molecule has 2 rings (SSSR count). The second-order valence-corrected chi connectivity index (χ2v) is 5.18. The van der Waals surface area contributed by atoms with E-state index in [4.69, 9.17) is 0 Å². The van der Waals surface area contributed by atoms with E-state index >= 15 is 0 Å². The van der Waals surface area contributed by atoms with Gasteiger partial charge in [-0.25, -0.2) is 4.39 Å². The number of nitrogens with one attached hydrogen (secondary N) is 2. The van der Waals surface area contributed by atoms with Gasteiger partial charge in [-0.15, -0.1) is 0 Å². The lowest BCUT2D eigenvalue weighted by Gasteiger charge is -2.08. The van der Waals surface area contributed by atoms with E-state index in [0.29, 0.717) is 6.54 Å². The molecule has 0 saturated heterocycles. The molecule has 0 aliphatic heterocycles. The van der Waals surface area contributed by atoms with E-state index < -0.39 is 0 Å². The molecular formula is C15H14BrFN2O. The lowest BCUT2D eigenvalue weighted by Crippen LogP contribution is -2.29. The summed E-state index contributed by atoms with van der Waals surface area (Å²) in [6, 6.07) is 13.6. The maximum absolute atomic E-state index is 12.7. The van der Waals surface area contributed by atoms with Crippen LogP contribution in [0, 0.1) is 5.82 Å². The Morgan fingerprint density at radius 2 is 1.90 bits per heavy atom. The molecule has 5 heteroatoms. The molecule has 0 saturated carbocycles. The standard InChI is InChI=1S/C15H14BrFN2O/c16-12-2-1-3-14(8-12)18-10-15(20)19-9-11-4-6-13(17)7-5-11/h1-8,18H,9-10H2,(H,19,20). The summed E-state index contributed by atoms with van der Waals surface area (Å²) in [6.45, 7) is 0.580. The van der Waals surface area contributed by atoms with E-state index in [0.717, 1.165) is 15.7 Å². The van der Waals surface area contributed by atoms with Gasteiger partial charge in [0.05, 0.1) is 6.54 Å². The fraction of sp³-hybridized carbons (Fsp3) is 0.133. The molecular weight excluding hydrogens is 323 g/mol. The number of hydrogen-bond donors (Lipinski definition) is 2. The molecule has 0 aliphatic rings. The molecule has 0 aliphatic carbocycles. The first kappa shape index (κ1) is 14.5. The Morgan fingerprint density at radius 3 is 2.60 bits per heavy atom. The number of anilines is 1. The summed E-state index contributed by atoms with van der Waals surface area (Å²) < 4.78 is 13.7. The summed E-state index contributed by atoms with van der Waals surface area (Å²) in [5.41, 5.74) is 1.73. The van der Waals surface area contributed by atoms with Gasteiger partial charge in [0.15, 0.2) is 0 Å². The van der Waals surface area contributed by atoms with Crippen molar-refractivity contribution in [2.24, 2.45) is 0 Å². The van der Waals surface area contributed by atoms with Gasteiger partial charge in [-0.2, -0.15) is 0 Å². The van der Waals surface area contributed by atoms with Crippen LogP contribution in [0.3, 0.4) is 0 Å². The van der Waals surface area contributed by atoms with Crippen LogP contribution < -0.4 is 10.6 Å². The van der Waals surface area contributed by atoms with E-state index in [-0.39, 0.29) is 18.3 Å². The van der Waals surface area contributed by atoms with Crippen LogP contribution in [0.4, 0.5) is 10.1 Å². The van der Waals surface area contributed by atoms with Crippen LogP contribution in [0.5, 0.6) is 0 Å². The summed E-state index contributed by atoms with van der Waals surface area (Å²) in [5, 5.41) is 5.80. The van der Waals surface area contributed by atoms with Crippen molar-refractivity contribution in [1.29, 1.82) is 0 Å². The molecule has 3 nitrogen and oxygen atoms in total. The van der Waals surface area contributed by atoms with Crippen molar-refractivity contribution in [3.8, 4) is 0 Å². The van der Waals surface area contributed by atoms with Gasteiger partial charge in [-0.05, 0) is 35.9 Å². The van der Waals surface area contributed by atoms with Crippen molar-refractivity contribution in [2.45, 2.75) is 6.54 Å². The van der Waals surface area contributed by atoms with Gasteiger partial charge in [0.2, 0.25) is 5.91 Å². The average molecular weight is 337 g/mol. The van der Waals surface area contributed by atoms with Gasteiger partial charge >= 0.3 is 0 Å². The first-order valence-electron chi connectivity index (χ1n) is 6.14. The number of rotatable bonds is 5. The lowest BCUT2D eigenvalue weighted by atomic mass is 10.2. The Kier molecular flexibility index (Phi) is 5.12. The van der Waals surface area contributed by atoms with E-state index in [1.807, 2.05) is 24.3 Å². The second-order valence-electron chi connectivity index (χ2n) is 4.27. The Bertz CT molecular complexity index is 587. The van der Waals surface area contributed by atoms with Crippen LogP contribution in [-0.4, -0.2) is 12.5 Å². The zero-order valence-electron chi connectivity index (χ0n) is 10.7. The zero-order chi connectivity index (χ0) is 14.4. The summed E-state index contributed by atoms with van der Waals surface area (Å²) in [4.78, 5) is 11.7. The molecule has 0 heterocycles. The van der Waals surface area contributed by atoms with Crippen LogP contribution in [0.2, 0.25) is 0 Å². The van der Waals surface area contributed by atoms with Gasteiger partial charge in [-0.1, -0.05) is 34.1 Å². The Morgan fingerprint density at radius 1 is 1.15 bits per heavy atom. The highest BCUT2D eigenvalue weighted by Gasteiger charge is 2.02. The molecule has 104 valence electrons. The van der Waals surface area contributed by atoms with Crippen molar-refractivity contribution < 1.29 is 9.18 Å². The minimum Gasteiger partial charge on any atom is -0.376 e. The molecule has 20 heavy (non-hydrogen) atoms. The Balaban J connectivity index is 1.77. The zero-order valence-corrected chi connectivity index (χ0v) is 12.3.